The van der Waals surface area contributed by atoms with Crippen LogP contribution in [0, 0.1) is 0 Å². The highest BCUT2D eigenvalue weighted by molar-refractivity contribution is 7.80. The van der Waals surface area contributed by atoms with Crippen LogP contribution in [0.3, 0.4) is 0 Å². The number of nitrogen functional groups attached to an aromatic ring is 1. The van der Waals surface area contributed by atoms with E-state index in [2.05, 4.69) is 12.6 Å². The summed E-state index contributed by atoms with van der Waals surface area (Å²) in [6, 6.07) is 5.86. The summed E-state index contributed by atoms with van der Waals surface area (Å²) in [5.41, 5.74) is 5.74. The summed E-state index contributed by atoms with van der Waals surface area (Å²) in [5.74, 6) is 0.872. The van der Waals surface area contributed by atoms with Gasteiger partial charge in [-0.25, -0.2) is 0 Å². The van der Waals surface area contributed by atoms with E-state index in [0.717, 1.165) is 25.7 Å². The van der Waals surface area contributed by atoms with Gasteiger partial charge in [-0.05, 0) is 30.5 Å². The Morgan fingerprint density at radius 3 is 2.93 bits per heavy atom. The molecule has 2 nitrogen and oxygen atoms in total. The number of nitrogens with two attached hydrogens (primary N) is 1. The maximum Gasteiger partial charge on any atom is 0.138 e. The Morgan fingerprint density at radius 2 is 2.21 bits per heavy atom. The van der Waals surface area contributed by atoms with Crippen LogP contribution in [0.1, 0.15) is 6.92 Å². The molecule has 1 aromatic heterocycles. The second-order valence-corrected chi connectivity index (χ2v) is 4.54. The smallest absolute Gasteiger partial charge is 0.138 e. The molecule has 0 unspecified atom stereocenters. The maximum absolute atomic E-state index is 5.74. The van der Waals surface area contributed by atoms with Crippen LogP contribution >= 0.6 is 24.0 Å². The Hall–Kier alpha value is -0.870. The van der Waals surface area contributed by atoms with Crippen molar-refractivity contribution < 1.29 is 4.74 Å². The zero-order valence-electron chi connectivity index (χ0n) is 7.78. The molecule has 0 radical (unpaired) electrons. The fraction of sp³-hybridized carbons (Fsp3) is 0.200. The van der Waals surface area contributed by atoms with Gasteiger partial charge in [0.2, 0.25) is 0 Å². The van der Waals surface area contributed by atoms with Gasteiger partial charge >= 0.3 is 0 Å². The van der Waals surface area contributed by atoms with Gasteiger partial charge in [0.05, 0.1) is 16.3 Å². The number of benzene rings is 1. The average molecular weight is 225 g/mol. The first-order chi connectivity index (χ1) is 6.70. The van der Waals surface area contributed by atoms with Crippen molar-refractivity contribution >= 4 is 39.1 Å². The Balaban J connectivity index is 2.66. The molecule has 0 atom stereocenters. The van der Waals surface area contributed by atoms with Crippen molar-refractivity contribution in [1.82, 2.24) is 0 Å². The standard InChI is InChI=1S/C10H11NOS2/c1-2-12-8-5-7(13)3-6-4-9(11)14-10(6)8/h3-5,13H,2,11H2,1H3. The lowest BCUT2D eigenvalue weighted by atomic mass is 10.2. The molecule has 4 heteroatoms. The Labute approximate surface area is 92.1 Å². The van der Waals surface area contributed by atoms with Gasteiger partial charge in [0.25, 0.3) is 0 Å². The SMILES string of the molecule is CCOc1cc(S)cc2cc(N)sc12. The maximum atomic E-state index is 5.74. The number of rotatable bonds is 2. The lowest BCUT2D eigenvalue weighted by molar-refractivity contribution is 0.344. The molecule has 0 saturated carbocycles. The van der Waals surface area contributed by atoms with Gasteiger partial charge < -0.3 is 10.5 Å². The third-order valence-corrected chi connectivity index (χ3v) is 3.14. The molecule has 0 fully saturated rings. The van der Waals surface area contributed by atoms with Crippen molar-refractivity contribution in [1.29, 1.82) is 0 Å². The normalized spacial score (nSPS) is 10.7. The molecule has 0 bridgehead atoms. The zero-order valence-corrected chi connectivity index (χ0v) is 9.49. The van der Waals surface area contributed by atoms with Crippen molar-refractivity contribution in [3.05, 3.63) is 18.2 Å². The molecule has 2 rings (SSSR count). The van der Waals surface area contributed by atoms with E-state index in [1.165, 1.54) is 0 Å². The molecule has 0 aliphatic rings. The van der Waals surface area contributed by atoms with Crippen molar-refractivity contribution in [2.24, 2.45) is 0 Å². The summed E-state index contributed by atoms with van der Waals surface area (Å²) in [7, 11) is 0. The van der Waals surface area contributed by atoms with Crippen LogP contribution in [0.15, 0.2) is 23.1 Å². The second kappa shape index (κ2) is 3.71. The Bertz CT molecular complexity index is 464. The molecule has 0 amide bonds. The molecular weight excluding hydrogens is 214 g/mol. The van der Waals surface area contributed by atoms with E-state index in [-0.39, 0.29) is 0 Å². The first kappa shape index (κ1) is 9.68. The quantitative estimate of drug-likeness (QED) is 0.770. The molecule has 0 spiro atoms. The third kappa shape index (κ3) is 1.67. The summed E-state index contributed by atoms with van der Waals surface area (Å²) < 4.78 is 6.62. The van der Waals surface area contributed by atoms with Gasteiger partial charge in [-0.15, -0.1) is 24.0 Å². The highest BCUT2D eigenvalue weighted by Gasteiger charge is 2.06. The molecule has 2 N–H and O–H groups in total. The number of hydrogen-bond acceptors (Lipinski definition) is 4. The van der Waals surface area contributed by atoms with E-state index in [9.17, 15) is 0 Å². The second-order valence-electron chi connectivity index (χ2n) is 2.94. The summed E-state index contributed by atoms with van der Waals surface area (Å²) in [4.78, 5) is 0.902. The molecule has 1 heterocycles. The van der Waals surface area contributed by atoms with Crippen LogP contribution < -0.4 is 10.5 Å². The first-order valence-corrected chi connectivity index (χ1v) is 5.62. The van der Waals surface area contributed by atoms with Crippen LogP contribution in [-0.4, -0.2) is 6.61 Å². The summed E-state index contributed by atoms with van der Waals surface area (Å²) >= 11 is 5.86. The number of anilines is 1. The highest BCUT2D eigenvalue weighted by atomic mass is 32.1. The Morgan fingerprint density at radius 1 is 1.43 bits per heavy atom. The minimum Gasteiger partial charge on any atom is -0.492 e. The minimum absolute atomic E-state index is 0.657. The van der Waals surface area contributed by atoms with Crippen molar-refractivity contribution in [3.8, 4) is 5.75 Å². The number of thiophene rings is 1. The van der Waals surface area contributed by atoms with Crippen LogP contribution in [0.25, 0.3) is 10.1 Å². The van der Waals surface area contributed by atoms with Crippen molar-refractivity contribution in [3.63, 3.8) is 0 Å². The van der Waals surface area contributed by atoms with Crippen LogP contribution in [0.5, 0.6) is 5.75 Å². The predicted octanol–water partition coefficient (Wildman–Crippen LogP) is 3.17. The van der Waals surface area contributed by atoms with Crippen LogP contribution in [0.4, 0.5) is 5.00 Å². The van der Waals surface area contributed by atoms with Gasteiger partial charge in [0.15, 0.2) is 0 Å². The van der Waals surface area contributed by atoms with Gasteiger partial charge in [-0.1, -0.05) is 0 Å². The van der Waals surface area contributed by atoms with Crippen LogP contribution in [0.2, 0.25) is 0 Å². The monoisotopic (exact) mass is 225 g/mol. The van der Waals surface area contributed by atoms with Gasteiger partial charge in [-0.3, -0.25) is 0 Å². The summed E-state index contributed by atoms with van der Waals surface area (Å²) in [5, 5.41) is 1.91. The highest BCUT2D eigenvalue weighted by Crippen LogP contribution is 2.36. The molecule has 0 saturated heterocycles. The van der Waals surface area contributed by atoms with E-state index < -0.39 is 0 Å². The first-order valence-electron chi connectivity index (χ1n) is 4.35. The number of thiol groups is 1. The van der Waals surface area contributed by atoms with Crippen molar-refractivity contribution in [2.75, 3.05) is 12.3 Å². The topological polar surface area (TPSA) is 35.2 Å². The molecule has 0 aliphatic heterocycles. The largest absolute Gasteiger partial charge is 0.492 e. The van der Waals surface area contributed by atoms with Crippen molar-refractivity contribution in [2.45, 2.75) is 11.8 Å². The fourth-order valence-electron chi connectivity index (χ4n) is 1.39. The van der Waals surface area contributed by atoms with E-state index in [1.807, 2.05) is 25.1 Å². The molecule has 0 aliphatic carbocycles. The van der Waals surface area contributed by atoms with E-state index in [1.54, 1.807) is 11.3 Å². The summed E-state index contributed by atoms with van der Waals surface area (Å²) in [6.45, 7) is 2.62. The molecule has 1 aromatic carbocycles. The van der Waals surface area contributed by atoms with Gasteiger partial charge in [-0.2, -0.15) is 0 Å². The minimum atomic E-state index is 0.657. The lowest BCUT2D eigenvalue weighted by Gasteiger charge is -2.04. The fourth-order valence-corrected chi connectivity index (χ4v) is 2.52. The van der Waals surface area contributed by atoms with Gasteiger partial charge in [0.1, 0.15) is 5.75 Å². The average Bonchev–Trinajstić information content (AvgIpc) is 2.45. The zero-order chi connectivity index (χ0) is 10.1. The van der Waals surface area contributed by atoms with E-state index in [0.29, 0.717) is 6.61 Å². The lowest BCUT2D eigenvalue weighted by Crippen LogP contribution is -1.91. The Kier molecular flexibility index (Phi) is 2.56. The van der Waals surface area contributed by atoms with E-state index >= 15 is 0 Å². The molecular formula is C10H11NOS2. The molecule has 74 valence electrons. The molecule has 14 heavy (non-hydrogen) atoms. The third-order valence-electron chi connectivity index (χ3n) is 1.89. The van der Waals surface area contributed by atoms with E-state index in [4.69, 9.17) is 10.5 Å². The number of ether oxygens (including phenoxy) is 1. The number of fused-ring (bicyclic) bond motifs is 1. The molecule has 2 aromatic rings. The predicted molar refractivity (Wildman–Crippen MR) is 64.7 cm³/mol. The van der Waals surface area contributed by atoms with Gasteiger partial charge in [0, 0.05) is 4.90 Å². The number of hydrogen-bond donors (Lipinski definition) is 2. The van der Waals surface area contributed by atoms with Crippen LogP contribution in [-0.2, 0) is 0 Å². The summed E-state index contributed by atoms with van der Waals surface area (Å²) in [6.07, 6.45) is 0.